The third-order valence-electron chi connectivity index (χ3n) is 3.33. The summed E-state index contributed by atoms with van der Waals surface area (Å²) in [5, 5.41) is 28.7. The van der Waals surface area contributed by atoms with E-state index in [2.05, 4.69) is 32.6 Å². The molecule has 2 N–H and O–H groups in total. The molecule has 3 rings (SSSR count). The molecular weight excluding hydrogens is 336 g/mol. The quantitative estimate of drug-likeness (QED) is 0.687. The van der Waals surface area contributed by atoms with Crippen LogP contribution in [0, 0.1) is 22.7 Å². The van der Waals surface area contributed by atoms with Gasteiger partial charge in [-0.1, -0.05) is 29.8 Å². The van der Waals surface area contributed by atoms with Crippen LogP contribution in [0.1, 0.15) is 16.7 Å². The number of aromatic amines is 1. The number of anilines is 2. The van der Waals surface area contributed by atoms with Gasteiger partial charge in [-0.25, -0.2) is 4.99 Å². The first-order valence-electron chi connectivity index (χ1n) is 7.25. The number of hydrogen-bond acceptors (Lipinski definition) is 5. The van der Waals surface area contributed by atoms with Gasteiger partial charge in [-0.05, 0) is 35.9 Å². The minimum absolute atomic E-state index is 0.274. The molecule has 1 heterocycles. The molecule has 0 unspecified atom stereocenters. The van der Waals surface area contributed by atoms with Gasteiger partial charge in [0.2, 0.25) is 0 Å². The molecule has 25 heavy (non-hydrogen) atoms. The lowest BCUT2D eigenvalue weighted by Gasteiger charge is -2.03. The van der Waals surface area contributed by atoms with Gasteiger partial charge in [0.25, 0.3) is 0 Å². The van der Waals surface area contributed by atoms with Crippen molar-refractivity contribution in [3.8, 4) is 12.1 Å². The van der Waals surface area contributed by atoms with E-state index in [1.165, 1.54) is 0 Å². The van der Waals surface area contributed by atoms with Gasteiger partial charge >= 0.3 is 0 Å². The van der Waals surface area contributed by atoms with Gasteiger partial charge in [0.05, 0.1) is 11.6 Å². The number of hydrogen-bond donors (Lipinski definition) is 2. The van der Waals surface area contributed by atoms with Crippen molar-refractivity contribution in [2.75, 3.05) is 5.32 Å². The smallest absolute Gasteiger partial charge is 0.193 e. The van der Waals surface area contributed by atoms with Crippen LogP contribution in [-0.2, 0) is 0 Å². The molecule has 0 spiro atoms. The lowest BCUT2D eigenvalue weighted by atomic mass is 10.2. The summed E-state index contributed by atoms with van der Waals surface area (Å²) in [5.41, 5.74) is 2.40. The number of benzene rings is 2. The van der Waals surface area contributed by atoms with E-state index < -0.39 is 0 Å². The number of aromatic nitrogens is 2. The number of nitrogens with one attached hydrogen (secondary N) is 2. The fourth-order valence-electron chi connectivity index (χ4n) is 2.11. The van der Waals surface area contributed by atoms with Crippen molar-refractivity contribution in [2.45, 2.75) is 0 Å². The van der Waals surface area contributed by atoms with Crippen LogP contribution in [0.2, 0.25) is 5.02 Å². The molecule has 0 bridgehead atoms. The summed E-state index contributed by atoms with van der Waals surface area (Å²) < 4.78 is 0. The zero-order valence-corrected chi connectivity index (χ0v) is 13.6. The Labute approximate surface area is 149 Å². The Balaban J connectivity index is 1.83. The fraction of sp³-hybridized carbons (Fsp3) is 0. The number of nitriles is 2. The zero-order chi connectivity index (χ0) is 17.6. The minimum Gasteiger partial charge on any atom is -0.339 e. The molecule has 2 aromatic carbocycles. The van der Waals surface area contributed by atoms with E-state index in [9.17, 15) is 5.26 Å². The Bertz CT molecular complexity index is 1010. The van der Waals surface area contributed by atoms with Crippen LogP contribution < -0.4 is 5.32 Å². The summed E-state index contributed by atoms with van der Waals surface area (Å²) in [4.78, 5) is 4.24. The molecule has 7 heteroatoms. The van der Waals surface area contributed by atoms with Gasteiger partial charge < -0.3 is 5.32 Å². The summed E-state index contributed by atoms with van der Waals surface area (Å²) in [5.74, 6) is 0.716. The highest BCUT2D eigenvalue weighted by Gasteiger charge is 2.12. The van der Waals surface area contributed by atoms with E-state index in [0.29, 0.717) is 22.0 Å². The second kappa shape index (κ2) is 7.31. The summed E-state index contributed by atoms with van der Waals surface area (Å²) >= 11 is 5.95. The van der Waals surface area contributed by atoms with Crippen molar-refractivity contribution in [3.63, 3.8) is 0 Å². The second-order valence-corrected chi connectivity index (χ2v) is 5.47. The highest BCUT2D eigenvalue weighted by molar-refractivity contribution is 6.30. The molecule has 6 nitrogen and oxygen atoms in total. The van der Waals surface area contributed by atoms with E-state index in [4.69, 9.17) is 16.9 Å². The van der Waals surface area contributed by atoms with Crippen LogP contribution in [0.5, 0.6) is 0 Å². The molecule has 0 amide bonds. The number of aliphatic imine (C=N–C) groups is 1. The molecule has 0 aliphatic heterocycles. The van der Waals surface area contributed by atoms with Crippen LogP contribution >= 0.6 is 11.6 Å². The fourth-order valence-corrected chi connectivity index (χ4v) is 2.30. The van der Waals surface area contributed by atoms with Gasteiger partial charge in [0.15, 0.2) is 5.82 Å². The Morgan fingerprint density at radius 3 is 2.60 bits per heavy atom. The first-order valence-corrected chi connectivity index (χ1v) is 7.62. The van der Waals surface area contributed by atoms with E-state index in [1.807, 2.05) is 6.07 Å². The van der Waals surface area contributed by atoms with Crippen molar-refractivity contribution in [2.24, 2.45) is 4.99 Å². The highest BCUT2D eigenvalue weighted by Crippen LogP contribution is 2.26. The molecule has 0 saturated heterocycles. The van der Waals surface area contributed by atoms with Crippen LogP contribution in [-0.4, -0.2) is 16.4 Å². The Kier molecular flexibility index (Phi) is 4.75. The minimum atomic E-state index is 0.274. The molecular formula is C18H11ClN6. The monoisotopic (exact) mass is 346 g/mol. The highest BCUT2D eigenvalue weighted by atomic mass is 35.5. The van der Waals surface area contributed by atoms with Crippen LogP contribution in [0.25, 0.3) is 0 Å². The van der Waals surface area contributed by atoms with Crippen LogP contribution in [0.4, 0.5) is 17.3 Å². The summed E-state index contributed by atoms with van der Waals surface area (Å²) in [6.45, 7) is 0. The first-order chi connectivity index (χ1) is 12.2. The zero-order valence-electron chi connectivity index (χ0n) is 12.9. The normalized spacial score (nSPS) is 10.4. The van der Waals surface area contributed by atoms with E-state index in [0.717, 1.165) is 11.3 Å². The maximum absolute atomic E-state index is 9.40. The van der Waals surface area contributed by atoms with Gasteiger partial charge in [-0.2, -0.15) is 15.6 Å². The summed E-state index contributed by atoms with van der Waals surface area (Å²) in [6, 6.07) is 18.2. The van der Waals surface area contributed by atoms with E-state index in [-0.39, 0.29) is 5.82 Å². The molecule has 120 valence electrons. The summed E-state index contributed by atoms with van der Waals surface area (Å²) in [6.07, 6.45) is 1.58. The standard InChI is InChI=1S/C18H11ClN6/c19-14-2-1-3-15(8-14)23-18-16(10-21)17(24-25-18)22-11-13-6-4-12(9-20)5-7-13/h1-8,11H,(H2,23,24,25). The van der Waals surface area contributed by atoms with E-state index in [1.54, 1.807) is 48.7 Å². The molecule has 0 aliphatic carbocycles. The maximum Gasteiger partial charge on any atom is 0.193 e. The molecule has 0 radical (unpaired) electrons. The maximum atomic E-state index is 9.40. The summed E-state index contributed by atoms with van der Waals surface area (Å²) in [7, 11) is 0. The molecule has 0 fully saturated rings. The van der Waals surface area contributed by atoms with Crippen LogP contribution in [0.3, 0.4) is 0 Å². The third-order valence-corrected chi connectivity index (χ3v) is 3.56. The van der Waals surface area contributed by atoms with E-state index >= 15 is 0 Å². The Morgan fingerprint density at radius 1 is 1.12 bits per heavy atom. The van der Waals surface area contributed by atoms with Crippen molar-refractivity contribution < 1.29 is 0 Å². The molecule has 0 atom stereocenters. The largest absolute Gasteiger partial charge is 0.339 e. The van der Waals surface area contributed by atoms with Crippen molar-refractivity contribution >= 4 is 35.1 Å². The van der Waals surface area contributed by atoms with Gasteiger partial charge in [0, 0.05) is 16.9 Å². The number of H-pyrrole nitrogens is 1. The number of rotatable bonds is 4. The predicted octanol–water partition coefficient (Wildman–Crippen LogP) is 4.30. The van der Waals surface area contributed by atoms with Crippen molar-refractivity contribution in [1.82, 2.24) is 10.2 Å². The van der Waals surface area contributed by atoms with Crippen molar-refractivity contribution in [1.29, 1.82) is 10.5 Å². The molecule has 0 aliphatic rings. The number of nitrogens with zero attached hydrogens (tertiary/aromatic N) is 4. The van der Waals surface area contributed by atoms with Gasteiger partial charge in [0.1, 0.15) is 17.5 Å². The lowest BCUT2D eigenvalue weighted by Crippen LogP contribution is -1.92. The average molecular weight is 347 g/mol. The van der Waals surface area contributed by atoms with Crippen LogP contribution in [0.15, 0.2) is 53.5 Å². The topological polar surface area (TPSA) is 101 Å². The first kappa shape index (κ1) is 16.3. The van der Waals surface area contributed by atoms with Gasteiger partial charge in [-0.15, -0.1) is 0 Å². The molecule has 0 saturated carbocycles. The number of halogens is 1. The second-order valence-electron chi connectivity index (χ2n) is 5.04. The Morgan fingerprint density at radius 2 is 1.92 bits per heavy atom. The predicted molar refractivity (Wildman–Crippen MR) is 96.4 cm³/mol. The van der Waals surface area contributed by atoms with Crippen molar-refractivity contribution in [3.05, 3.63) is 70.2 Å². The average Bonchev–Trinajstić information content (AvgIpc) is 3.02. The SMILES string of the molecule is N#Cc1ccc(C=Nc2n[nH]c(Nc3cccc(Cl)c3)c2C#N)cc1. The molecule has 1 aromatic heterocycles. The third kappa shape index (κ3) is 3.84. The Hall–Kier alpha value is -3.61. The lowest BCUT2D eigenvalue weighted by molar-refractivity contribution is 1.09. The molecule has 3 aromatic rings. The van der Waals surface area contributed by atoms with Gasteiger partial charge in [-0.3, -0.25) is 5.10 Å².